The van der Waals surface area contributed by atoms with Gasteiger partial charge in [-0.05, 0) is 11.8 Å². The second-order valence-corrected chi connectivity index (χ2v) is 5.39. The van der Waals surface area contributed by atoms with E-state index in [1.807, 2.05) is 0 Å². The predicted octanol–water partition coefficient (Wildman–Crippen LogP) is 2.35. The van der Waals surface area contributed by atoms with E-state index in [0.29, 0.717) is 25.6 Å². The van der Waals surface area contributed by atoms with E-state index >= 15 is 0 Å². The van der Waals surface area contributed by atoms with Crippen LogP contribution in [0, 0.1) is 5.41 Å². The van der Waals surface area contributed by atoms with Crippen molar-refractivity contribution in [3.05, 3.63) is 0 Å². The number of ether oxygens (including phenoxy) is 1. The first-order valence-electron chi connectivity index (χ1n) is 5.70. The largest absolute Gasteiger partial charge is 0.466 e. The molecule has 0 aliphatic carbocycles. The normalized spacial score (nSPS) is 11.9. The Morgan fingerprint density at radius 1 is 1.33 bits per heavy atom. The first-order chi connectivity index (χ1) is 6.81. The van der Waals surface area contributed by atoms with Crippen LogP contribution in [-0.2, 0) is 9.53 Å². The molecule has 0 spiro atoms. The van der Waals surface area contributed by atoms with Gasteiger partial charge in [0.2, 0.25) is 0 Å². The van der Waals surface area contributed by atoms with Crippen molar-refractivity contribution < 1.29 is 9.53 Å². The minimum absolute atomic E-state index is 0.104. The highest BCUT2D eigenvalue weighted by Gasteiger charge is 2.11. The highest BCUT2D eigenvalue weighted by atomic mass is 16.5. The van der Waals surface area contributed by atoms with Gasteiger partial charge in [-0.25, -0.2) is 0 Å². The summed E-state index contributed by atoms with van der Waals surface area (Å²) in [6.07, 6.45) is 1.37. The second-order valence-electron chi connectivity index (χ2n) is 5.39. The van der Waals surface area contributed by atoms with E-state index in [1.54, 1.807) is 0 Å². The third-order valence-electron chi connectivity index (χ3n) is 2.00. The van der Waals surface area contributed by atoms with Gasteiger partial charge in [-0.2, -0.15) is 0 Å². The molecule has 0 aliphatic heterocycles. The van der Waals surface area contributed by atoms with E-state index in [4.69, 9.17) is 4.74 Å². The van der Waals surface area contributed by atoms with Crippen molar-refractivity contribution in [3.8, 4) is 0 Å². The van der Waals surface area contributed by atoms with Crippen molar-refractivity contribution in [3.63, 3.8) is 0 Å². The van der Waals surface area contributed by atoms with Crippen molar-refractivity contribution in [2.45, 2.75) is 53.5 Å². The summed E-state index contributed by atoms with van der Waals surface area (Å²) >= 11 is 0. The highest BCUT2D eigenvalue weighted by molar-refractivity contribution is 5.69. The summed E-state index contributed by atoms with van der Waals surface area (Å²) in [6, 6.07) is 0.423. The number of nitrogens with one attached hydrogen (secondary N) is 1. The Morgan fingerprint density at radius 2 is 1.93 bits per heavy atom. The minimum atomic E-state index is -0.104. The smallest absolute Gasteiger partial charge is 0.307 e. The van der Waals surface area contributed by atoms with Crippen molar-refractivity contribution in [1.82, 2.24) is 5.32 Å². The fourth-order valence-corrected chi connectivity index (χ4v) is 1.01. The Kier molecular flexibility index (Phi) is 6.57. The molecule has 0 saturated heterocycles. The first kappa shape index (κ1) is 14.4. The molecule has 0 fully saturated rings. The summed E-state index contributed by atoms with van der Waals surface area (Å²) in [6.45, 7) is 11.8. The molecule has 0 unspecified atom stereocenters. The molecule has 0 radical (unpaired) electrons. The fraction of sp³-hybridized carbons (Fsp3) is 0.917. The van der Waals surface area contributed by atoms with Gasteiger partial charge >= 0.3 is 5.97 Å². The molecule has 0 bridgehead atoms. The van der Waals surface area contributed by atoms with E-state index in [1.165, 1.54) is 0 Å². The van der Waals surface area contributed by atoms with E-state index in [9.17, 15) is 4.79 Å². The van der Waals surface area contributed by atoms with E-state index in [-0.39, 0.29) is 11.4 Å². The number of hydrogen-bond donors (Lipinski definition) is 1. The van der Waals surface area contributed by atoms with Gasteiger partial charge in [-0.15, -0.1) is 0 Å². The zero-order chi connectivity index (χ0) is 11.9. The summed E-state index contributed by atoms with van der Waals surface area (Å²) in [5, 5.41) is 3.18. The lowest BCUT2D eigenvalue weighted by molar-refractivity contribution is -0.144. The van der Waals surface area contributed by atoms with Gasteiger partial charge in [0.15, 0.2) is 0 Å². The zero-order valence-corrected chi connectivity index (χ0v) is 10.7. The molecule has 0 atom stereocenters. The SMILES string of the molecule is CC(C)NCCC(=O)OCCC(C)(C)C. The van der Waals surface area contributed by atoms with Crippen LogP contribution >= 0.6 is 0 Å². The molecule has 0 rings (SSSR count). The Bertz CT molecular complexity index is 183. The molecule has 3 heteroatoms. The van der Waals surface area contributed by atoms with Gasteiger partial charge in [0.25, 0.3) is 0 Å². The summed E-state index contributed by atoms with van der Waals surface area (Å²) in [5.74, 6) is -0.104. The summed E-state index contributed by atoms with van der Waals surface area (Å²) in [4.78, 5) is 11.2. The van der Waals surface area contributed by atoms with Crippen LogP contribution in [0.5, 0.6) is 0 Å². The van der Waals surface area contributed by atoms with Gasteiger partial charge in [-0.1, -0.05) is 34.6 Å². The minimum Gasteiger partial charge on any atom is -0.466 e. The van der Waals surface area contributed by atoms with Crippen molar-refractivity contribution >= 4 is 5.97 Å². The second kappa shape index (κ2) is 6.83. The molecule has 0 aromatic heterocycles. The maximum Gasteiger partial charge on any atom is 0.307 e. The fourth-order valence-electron chi connectivity index (χ4n) is 1.01. The van der Waals surface area contributed by atoms with E-state index in [2.05, 4.69) is 39.9 Å². The van der Waals surface area contributed by atoms with Gasteiger partial charge in [0.05, 0.1) is 13.0 Å². The Balaban J connectivity index is 3.42. The molecular formula is C12H25NO2. The lowest BCUT2D eigenvalue weighted by Crippen LogP contribution is -2.26. The van der Waals surface area contributed by atoms with Crippen LogP contribution in [0.3, 0.4) is 0 Å². The lowest BCUT2D eigenvalue weighted by Gasteiger charge is -2.17. The van der Waals surface area contributed by atoms with Crippen LogP contribution in [0.25, 0.3) is 0 Å². The average Bonchev–Trinajstić information content (AvgIpc) is 2.00. The molecule has 90 valence electrons. The topological polar surface area (TPSA) is 38.3 Å². The van der Waals surface area contributed by atoms with Crippen LogP contribution in [-0.4, -0.2) is 25.2 Å². The Morgan fingerprint density at radius 3 is 2.40 bits per heavy atom. The maximum atomic E-state index is 11.2. The molecular weight excluding hydrogens is 190 g/mol. The molecule has 0 aromatic carbocycles. The van der Waals surface area contributed by atoms with Crippen LogP contribution in [0.2, 0.25) is 0 Å². The number of carbonyl (C=O) groups is 1. The van der Waals surface area contributed by atoms with E-state index in [0.717, 1.165) is 6.42 Å². The van der Waals surface area contributed by atoms with Gasteiger partial charge in [0, 0.05) is 12.6 Å². The summed E-state index contributed by atoms with van der Waals surface area (Å²) in [5.41, 5.74) is 0.233. The summed E-state index contributed by atoms with van der Waals surface area (Å²) in [7, 11) is 0. The molecule has 15 heavy (non-hydrogen) atoms. The zero-order valence-electron chi connectivity index (χ0n) is 10.7. The van der Waals surface area contributed by atoms with Crippen LogP contribution in [0.4, 0.5) is 0 Å². The third-order valence-corrected chi connectivity index (χ3v) is 2.00. The van der Waals surface area contributed by atoms with Crippen LogP contribution < -0.4 is 5.32 Å². The van der Waals surface area contributed by atoms with Gasteiger partial charge in [-0.3, -0.25) is 4.79 Å². The average molecular weight is 215 g/mol. The highest BCUT2D eigenvalue weighted by Crippen LogP contribution is 2.17. The number of carbonyl (C=O) groups excluding carboxylic acids is 1. The standard InChI is InChI=1S/C12H25NO2/c1-10(2)13-8-6-11(14)15-9-7-12(3,4)5/h10,13H,6-9H2,1-5H3. The van der Waals surface area contributed by atoms with E-state index < -0.39 is 0 Å². The quantitative estimate of drug-likeness (QED) is 0.691. The molecule has 0 aromatic rings. The molecule has 0 heterocycles. The monoisotopic (exact) mass is 215 g/mol. The summed E-state index contributed by atoms with van der Waals surface area (Å²) < 4.78 is 5.12. The molecule has 3 nitrogen and oxygen atoms in total. The Hall–Kier alpha value is -0.570. The van der Waals surface area contributed by atoms with Crippen molar-refractivity contribution in [1.29, 1.82) is 0 Å². The van der Waals surface area contributed by atoms with Crippen LogP contribution in [0.1, 0.15) is 47.5 Å². The molecule has 1 N–H and O–H groups in total. The van der Waals surface area contributed by atoms with Gasteiger partial charge < -0.3 is 10.1 Å². The number of hydrogen-bond acceptors (Lipinski definition) is 3. The van der Waals surface area contributed by atoms with Crippen molar-refractivity contribution in [2.24, 2.45) is 5.41 Å². The predicted molar refractivity (Wildman–Crippen MR) is 62.8 cm³/mol. The Labute approximate surface area is 93.6 Å². The number of esters is 1. The maximum absolute atomic E-state index is 11.2. The lowest BCUT2D eigenvalue weighted by atomic mass is 9.93. The van der Waals surface area contributed by atoms with Gasteiger partial charge in [0.1, 0.15) is 0 Å². The van der Waals surface area contributed by atoms with Crippen LogP contribution in [0.15, 0.2) is 0 Å². The van der Waals surface area contributed by atoms with Crippen molar-refractivity contribution in [2.75, 3.05) is 13.2 Å². The molecule has 0 amide bonds. The molecule has 0 aliphatic rings. The molecule has 0 saturated carbocycles. The number of rotatable bonds is 6. The first-order valence-corrected chi connectivity index (χ1v) is 5.70. The third kappa shape index (κ3) is 11.4.